The molecule has 0 atom stereocenters. The third-order valence-electron chi connectivity index (χ3n) is 2.98. The minimum atomic E-state index is -0.849. The number of anilines is 1. The number of amides is 2. The fraction of sp³-hybridized carbons (Fsp3) is 0.333. The van der Waals surface area contributed by atoms with Crippen molar-refractivity contribution in [2.75, 3.05) is 18.4 Å². The van der Waals surface area contributed by atoms with Crippen molar-refractivity contribution in [3.8, 4) is 0 Å². The molecular weight excluding hydrogens is 371 g/mol. The van der Waals surface area contributed by atoms with E-state index in [2.05, 4.69) is 21.2 Å². The molecule has 2 N–H and O–H groups in total. The lowest BCUT2D eigenvalue weighted by Gasteiger charge is -2.38. The van der Waals surface area contributed by atoms with Crippen molar-refractivity contribution < 1.29 is 14.7 Å². The van der Waals surface area contributed by atoms with Crippen LogP contribution in [0, 0.1) is 5.92 Å². The van der Waals surface area contributed by atoms with Crippen molar-refractivity contribution in [1.29, 1.82) is 0 Å². The molecular formula is C12H11BrCl2N2O3. The first-order valence-electron chi connectivity index (χ1n) is 5.79. The number of carboxylic acid groups (broad SMARTS) is 1. The fourth-order valence-electron chi connectivity index (χ4n) is 1.93. The second-order valence-corrected chi connectivity index (χ2v) is 6.13. The van der Waals surface area contributed by atoms with E-state index in [1.54, 1.807) is 12.1 Å². The molecule has 1 aromatic carbocycles. The molecule has 1 aromatic rings. The number of halogens is 3. The van der Waals surface area contributed by atoms with Gasteiger partial charge in [-0.3, -0.25) is 4.79 Å². The van der Waals surface area contributed by atoms with Crippen molar-refractivity contribution >= 4 is 56.8 Å². The van der Waals surface area contributed by atoms with Gasteiger partial charge in [0.25, 0.3) is 0 Å². The largest absolute Gasteiger partial charge is 0.481 e. The summed E-state index contributed by atoms with van der Waals surface area (Å²) in [7, 11) is 0. The summed E-state index contributed by atoms with van der Waals surface area (Å²) in [5.74, 6) is -0.833. The predicted molar refractivity (Wildman–Crippen MR) is 80.5 cm³/mol. The molecule has 20 heavy (non-hydrogen) atoms. The number of carbonyl (C=O) groups excluding carboxylic acids is 1. The van der Waals surface area contributed by atoms with Crippen molar-refractivity contribution in [2.45, 2.75) is 6.42 Å². The number of hydrogen-bond donors (Lipinski definition) is 2. The van der Waals surface area contributed by atoms with E-state index in [0.717, 1.165) is 0 Å². The molecule has 2 rings (SSSR count). The van der Waals surface area contributed by atoms with E-state index < -0.39 is 5.97 Å². The Morgan fingerprint density at radius 3 is 2.60 bits per heavy atom. The van der Waals surface area contributed by atoms with Gasteiger partial charge in [0, 0.05) is 23.5 Å². The second kappa shape index (κ2) is 6.20. The van der Waals surface area contributed by atoms with Crippen molar-refractivity contribution in [3.63, 3.8) is 0 Å². The standard InChI is InChI=1S/C12H11BrCl2N2O3/c13-7-1-2-8(11(15)10(7)14)16-12(20)17-4-6(5-17)3-9(18)19/h1-2,6H,3-5H2,(H,16,20)(H,18,19). The molecule has 0 saturated carbocycles. The van der Waals surface area contributed by atoms with Crippen LogP contribution >= 0.6 is 39.1 Å². The van der Waals surface area contributed by atoms with E-state index in [1.165, 1.54) is 4.90 Å². The Balaban J connectivity index is 1.94. The number of nitrogens with one attached hydrogen (secondary N) is 1. The number of urea groups is 1. The normalized spacial score (nSPS) is 14.8. The highest BCUT2D eigenvalue weighted by Gasteiger charge is 2.32. The first-order chi connectivity index (χ1) is 9.38. The first-order valence-corrected chi connectivity index (χ1v) is 7.34. The van der Waals surface area contributed by atoms with E-state index in [9.17, 15) is 9.59 Å². The quantitative estimate of drug-likeness (QED) is 0.784. The van der Waals surface area contributed by atoms with E-state index in [1.807, 2.05) is 0 Å². The van der Waals surface area contributed by atoms with Gasteiger partial charge in [-0.1, -0.05) is 23.2 Å². The maximum atomic E-state index is 11.9. The first kappa shape index (κ1) is 15.4. The summed E-state index contributed by atoms with van der Waals surface area (Å²) in [6, 6.07) is 3.02. The van der Waals surface area contributed by atoms with Crippen molar-refractivity contribution in [2.24, 2.45) is 5.92 Å². The molecule has 0 spiro atoms. The van der Waals surface area contributed by atoms with Gasteiger partial charge in [-0.2, -0.15) is 0 Å². The maximum Gasteiger partial charge on any atom is 0.321 e. The average molecular weight is 382 g/mol. The molecule has 1 aliphatic rings. The van der Waals surface area contributed by atoms with E-state index >= 15 is 0 Å². The minimum absolute atomic E-state index is 0.0160. The van der Waals surface area contributed by atoms with Crippen LogP contribution in [-0.2, 0) is 4.79 Å². The van der Waals surface area contributed by atoms with Crippen LogP contribution in [0.25, 0.3) is 0 Å². The summed E-state index contributed by atoms with van der Waals surface area (Å²) >= 11 is 15.2. The molecule has 0 aromatic heterocycles. The van der Waals surface area contributed by atoms with Gasteiger partial charge in [0.2, 0.25) is 0 Å². The SMILES string of the molecule is O=C(O)CC1CN(C(=O)Nc2ccc(Br)c(Cl)c2Cl)C1. The van der Waals surface area contributed by atoms with Crippen LogP contribution in [-0.4, -0.2) is 35.1 Å². The molecule has 0 bridgehead atoms. The zero-order valence-corrected chi connectivity index (χ0v) is 13.3. The van der Waals surface area contributed by atoms with Crippen LogP contribution in [0.15, 0.2) is 16.6 Å². The van der Waals surface area contributed by atoms with Gasteiger partial charge in [-0.15, -0.1) is 0 Å². The van der Waals surface area contributed by atoms with E-state index in [-0.39, 0.29) is 23.4 Å². The third-order valence-corrected chi connectivity index (χ3v) is 4.76. The van der Waals surface area contributed by atoms with Crippen molar-refractivity contribution in [3.05, 3.63) is 26.7 Å². The molecule has 1 aliphatic heterocycles. The third kappa shape index (κ3) is 3.37. The van der Waals surface area contributed by atoms with Crippen LogP contribution in [0.4, 0.5) is 10.5 Å². The molecule has 0 radical (unpaired) electrons. The summed E-state index contributed by atoms with van der Waals surface area (Å²) < 4.78 is 0.646. The topological polar surface area (TPSA) is 69.6 Å². The highest BCUT2D eigenvalue weighted by atomic mass is 79.9. The number of rotatable bonds is 3. The number of nitrogens with zero attached hydrogens (tertiary/aromatic N) is 1. The summed E-state index contributed by atoms with van der Waals surface area (Å²) in [5, 5.41) is 11.9. The van der Waals surface area contributed by atoms with Crippen LogP contribution in [0.1, 0.15) is 6.42 Å². The van der Waals surface area contributed by atoms with Crippen LogP contribution < -0.4 is 5.32 Å². The Bertz CT molecular complexity index is 562. The molecule has 8 heteroatoms. The Morgan fingerprint density at radius 2 is 2.00 bits per heavy atom. The molecule has 1 saturated heterocycles. The number of likely N-dealkylation sites (tertiary alicyclic amines) is 1. The lowest BCUT2D eigenvalue weighted by Crippen LogP contribution is -2.52. The van der Waals surface area contributed by atoms with Gasteiger partial charge in [-0.05, 0) is 28.1 Å². The lowest BCUT2D eigenvalue weighted by atomic mass is 9.97. The van der Waals surface area contributed by atoms with Gasteiger partial charge in [0.1, 0.15) is 0 Å². The van der Waals surface area contributed by atoms with Gasteiger partial charge in [0.15, 0.2) is 0 Å². The predicted octanol–water partition coefficient (Wildman–Crippen LogP) is 3.69. The van der Waals surface area contributed by atoms with Crippen LogP contribution in [0.5, 0.6) is 0 Å². The molecule has 2 amide bonds. The molecule has 0 aliphatic carbocycles. The van der Waals surface area contributed by atoms with E-state index in [4.69, 9.17) is 28.3 Å². The highest BCUT2D eigenvalue weighted by Crippen LogP contribution is 2.36. The number of benzene rings is 1. The van der Waals surface area contributed by atoms with Gasteiger partial charge < -0.3 is 15.3 Å². The van der Waals surface area contributed by atoms with E-state index in [0.29, 0.717) is 28.3 Å². The number of hydrogen-bond acceptors (Lipinski definition) is 2. The molecule has 1 fully saturated rings. The summed E-state index contributed by atoms with van der Waals surface area (Å²) in [4.78, 5) is 24.0. The number of carbonyl (C=O) groups is 2. The summed E-state index contributed by atoms with van der Waals surface area (Å²) in [6.45, 7) is 0.861. The van der Waals surface area contributed by atoms with Crippen LogP contribution in [0.2, 0.25) is 10.0 Å². The fourth-order valence-corrected chi connectivity index (χ4v) is 2.75. The average Bonchev–Trinajstić information content (AvgIpc) is 2.33. The lowest BCUT2D eigenvalue weighted by molar-refractivity contribution is -0.139. The molecule has 1 heterocycles. The highest BCUT2D eigenvalue weighted by molar-refractivity contribution is 9.10. The molecule has 0 unspecified atom stereocenters. The second-order valence-electron chi connectivity index (χ2n) is 4.52. The Morgan fingerprint density at radius 1 is 1.35 bits per heavy atom. The zero-order chi connectivity index (χ0) is 14.9. The smallest absolute Gasteiger partial charge is 0.321 e. The monoisotopic (exact) mass is 380 g/mol. The minimum Gasteiger partial charge on any atom is -0.481 e. The maximum absolute atomic E-state index is 11.9. The summed E-state index contributed by atoms with van der Waals surface area (Å²) in [6.07, 6.45) is 0.0780. The number of carboxylic acids is 1. The van der Waals surface area contributed by atoms with Gasteiger partial charge in [0.05, 0.1) is 22.2 Å². The summed E-state index contributed by atoms with van der Waals surface area (Å²) in [5.41, 5.74) is 0.423. The Labute approximate surface area is 134 Å². The van der Waals surface area contributed by atoms with Crippen molar-refractivity contribution in [1.82, 2.24) is 4.90 Å². The Kier molecular flexibility index (Phi) is 4.78. The van der Waals surface area contributed by atoms with Gasteiger partial charge >= 0.3 is 12.0 Å². The molecule has 108 valence electrons. The number of aliphatic carboxylic acids is 1. The zero-order valence-electron chi connectivity index (χ0n) is 10.2. The van der Waals surface area contributed by atoms with Crippen LogP contribution in [0.3, 0.4) is 0 Å². The Hall–Kier alpha value is -0.980. The molecule has 5 nitrogen and oxygen atoms in total. The van der Waals surface area contributed by atoms with Gasteiger partial charge in [-0.25, -0.2) is 4.79 Å².